The zero-order chi connectivity index (χ0) is 16.8. The van der Waals surface area contributed by atoms with E-state index in [1.165, 1.54) is 25.3 Å². The number of carbonyl (C=O) groups is 2. The number of hydrogen-bond donors (Lipinski definition) is 0. The van der Waals surface area contributed by atoms with Crippen molar-refractivity contribution in [3.05, 3.63) is 66.2 Å². The first-order chi connectivity index (χ1) is 11.0. The Kier molecular flexibility index (Phi) is 5.15. The van der Waals surface area contributed by atoms with Crippen molar-refractivity contribution in [2.75, 3.05) is 7.11 Å². The van der Waals surface area contributed by atoms with E-state index >= 15 is 0 Å². The van der Waals surface area contributed by atoms with E-state index in [0.717, 1.165) is 11.6 Å². The highest BCUT2D eigenvalue weighted by molar-refractivity contribution is 5.94. The molecule has 0 aliphatic carbocycles. The van der Waals surface area contributed by atoms with Gasteiger partial charge in [-0.1, -0.05) is 18.7 Å². The highest BCUT2D eigenvalue weighted by Crippen LogP contribution is 2.26. The van der Waals surface area contributed by atoms with Crippen molar-refractivity contribution in [2.45, 2.75) is 6.92 Å². The van der Waals surface area contributed by atoms with Gasteiger partial charge in [-0.05, 0) is 36.8 Å². The summed E-state index contributed by atoms with van der Waals surface area (Å²) in [5.41, 5.74) is 1.21. The predicted octanol–water partition coefficient (Wildman–Crippen LogP) is 3.31. The first kappa shape index (κ1) is 16.3. The third-order valence-corrected chi connectivity index (χ3v) is 2.98. The van der Waals surface area contributed by atoms with Gasteiger partial charge in [0.2, 0.25) is 0 Å². The monoisotopic (exact) mass is 312 g/mol. The quantitative estimate of drug-likeness (QED) is 0.481. The van der Waals surface area contributed by atoms with Crippen molar-refractivity contribution in [1.82, 2.24) is 0 Å². The Morgan fingerprint density at radius 2 is 1.78 bits per heavy atom. The Morgan fingerprint density at radius 3 is 2.43 bits per heavy atom. The first-order valence-electron chi connectivity index (χ1n) is 6.84. The van der Waals surface area contributed by atoms with E-state index in [1.807, 2.05) is 13.0 Å². The Balaban J connectivity index is 2.22. The average Bonchev–Trinajstić information content (AvgIpc) is 2.54. The zero-order valence-electron chi connectivity index (χ0n) is 12.9. The molecule has 0 fully saturated rings. The molecule has 23 heavy (non-hydrogen) atoms. The van der Waals surface area contributed by atoms with Gasteiger partial charge >= 0.3 is 11.9 Å². The van der Waals surface area contributed by atoms with Crippen LogP contribution in [0.3, 0.4) is 0 Å². The fourth-order valence-electron chi connectivity index (χ4n) is 1.90. The molecule has 0 aromatic heterocycles. The fraction of sp³-hybridized carbons (Fsp3) is 0.111. The van der Waals surface area contributed by atoms with Gasteiger partial charge in [-0.3, -0.25) is 0 Å². The lowest BCUT2D eigenvalue weighted by atomic mass is 10.2. The predicted molar refractivity (Wildman–Crippen MR) is 85.0 cm³/mol. The number of aryl methyl sites for hydroxylation is 1. The number of benzene rings is 2. The minimum absolute atomic E-state index is 0.229. The number of ether oxygens (including phenoxy) is 3. The van der Waals surface area contributed by atoms with Gasteiger partial charge in [0.25, 0.3) is 0 Å². The van der Waals surface area contributed by atoms with Crippen LogP contribution in [0, 0.1) is 6.92 Å². The van der Waals surface area contributed by atoms with E-state index in [2.05, 4.69) is 6.58 Å². The second-order valence-electron chi connectivity index (χ2n) is 4.69. The molecule has 0 unspecified atom stereocenters. The van der Waals surface area contributed by atoms with Crippen LogP contribution in [0.1, 0.15) is 15.9 Å². The number of carbonyl (C=O) groups excluding carboxylic acids is 2. The van der Waals surface area contributed by atoms with Crippen LogP contribution in [0.5, 0.6) is 17.2 Å². The maximum absolute atomic E-state index is 12.3. The van der Waals surface area contributed by atoms with Gasteiger partial charge in [0, 0.05) is 12.1 Å². The Bertz CT molecular complexity index is 749. The van der Waals surface area contributed by atoms with Crippen LogP contribution in [0.4, 0.5) is 0 Å². The molecule has 0 aliphatic rings. The first-order valence-corrected chi connectivity index (χ1v) is 6.84. The molecule has 2 aromatic carbocycles. The largest absolute Gasteiger partial charge is 0.496 e. The summed E-state index contributed by atoms with van der Waals surface area (Å²) < 4.78 is 15.5. The van der Waals surface area contributed by atoms with Crippen LogP contribution >= 0.6 is 0 Å². The fourth-order valence-corrected chi connectivity index (χ4v) is 1.90. The number of hydrogen-bond acceptors (Lipinski definition) is 5. The highest BCUT2D eigenvalue weighted by atomic mass is 16.5. The normalized spacial score (nSPS) is 9.83. The summed E-state index contributed by atoms with van der Waals surface area (Å²) >= 11 is 0. The van der Waals surface area contributed by atoms with Crippen molar-refractivity contribution < 1.29 is 23.8 Å². The average molecular weight is 312 g/mol. The molecule has 0 spiro atoms. The molecule has 118 valence electrons. The Morgan fingerprint density at radius 1 is 1.04 bits per heavy atom. The van der Waals surface area contributed by atoms with Crippen LogP contribution in [-0.2, 0) is 4.79 Å². The molecule has 0 saturated carbocycles. The Hall–Kier alpha value is -3.08. The zero-order valence-corrected chi connectivity index (χ0v) is 12.9. The van der Waals surface area contributed by atoms with E-state index in [9.17, 15) is 9.59 Å². The molecule has 5 heteroatoms. The molecule has 0 amide bonds. The number of rotatable bonds is 5. The summed E-state index contributed by atoms with van der Waals surface area (Å²) in [6.45, 7) is 5.22. The van der Waals surface area contributed by atoms with Crippen molar-refractivity contribution in [2.24, 2.45) is 0 Å². The van der Waals surface area contributed by atoms with Gasteiger partial charge in [-0.25, -0.2) is 9.59 Å². The molecule has 0 bridgehead atoms. The molecular weight excluding hydrogens is 296 g/mol. The van der Waals surface area contributed by atoms with Gasteiger partial charge in [0.1, 0.15) is 22.8 Å². The number of esters is 2. The lowest BCUT2D eigenvalue weighted by molar-refractivity contribution is -0.128. The van der Waals surface area contributed by atoms with Crippen molar-refractivity contribution in [3.8, 4) is 17.2 Å². The molecule has 0 heterocycles. The number of methoxy groups -OCH3 is 1. The summed E-state index contributed by atoms with van der Waals surface area (Å²) in [5, 5.41) is 0. The third kappa shape index (κ3) is 4.20. The molecule has 0 atom stereocenters. The summed E-state index contributed by atoms with van der Waals surface area (Å²) in [6, 6.07) is 11.5. The lowest BCUT2D eigenvalue weighted by Gasteiger charge is -2.10. The standard InChI is InChI=1S/C18H16O5/c1-4-17(19)22-14-8-9-15(16(11-14)21-3)18(20)23-13-7-5-6-12(2)10-13/h4-11H,1H2,2-3H3. The summed E-state index contributed by atoms with van der Waals surface area (Å²) in [6.07, 6.45) is 1.05. The second-order valence-corrected chi connectivity index (χ2v) is 4.69. The van der Waals surface area contributed by atoms with Crippen molar-refractivity contribution in [3.63, 3.8) is 0 Å². The van der Waals surface area contributed by atoms with E-state index in [-0.39, 0.29) is 17.1 Å². The third-order valence-electron chi connectivity index (χ3n) is 2.98. The summed E-state index contributed by atoms with van der Waals surface area (Å²) in [5.74, 6) is -0.216. The van der Waals surface area contributed by atoms with E-state index in [0.29, 0.717) is 5.75 Å². The van der Waals surface area contributed by atoms with Crippen molar-refractivity contribution >= 4 is 11.9 Å². The van der Waals surface area contributed by atoms with Crippen LogP contribution in [0.15, 0.2) is 55.1 Å². The van der Waals surface area contributed by atoms with E-state index < -0.39 is 11.9 Å². The molecule has 5 nitrogen and oxygen atoms in total. The summed E-state index contributed by atoms with van der Waals surface area (Å²) in [7, 11) is 1.41. The molecule has 0 aliphatic heterocycles. The van der Waals surface area contributed by atoms with Crippen molar-refractivity contribution in [1.29, 1.82) is 0 Å². The molecule has 2 rings (SSSR count). The molecule has 0 N–H and O–H groups in total. The molecule has 0 saturated heterocycles. The van der Waals surface area contributed by atoms with E-state index in [1.54, 1.807) is 18.2 Å². The van der Waals surface area contributed by atoms with Crippen LogP contribution in [0.25, 0.3) is 0 Å². The van der Waals surface area contributed by atoms with Crippen LogP contribution in [-0.4, -0.2) is 19.0 Å². The summed E-state index contributed by atoms with van der Waals surface area (Å²) in [4.78, 5) is 23.5. The molecule has 2 aromatic rings. The van der Waals surface area contributed by atoms with Gasteiger partial charge in [-0.15, -0.1) is 0 Å². The minimum atomic E-state index is -0.595. The van der Waals surface area contributed by atoms with Crippen LogP contribution < -0.4 is 14.2 Å². The highest BCUT2D eigenvalue weighted by Gasteiger charge is 2.16. The maximum Gasteiger partial charge on any atom is 0.347 e. The molecule has 0 radical (unpaired) electrons. The van der Waals surface area contributed by atoms with Gasteiger partial charge in [0.05, 0.1) is 7.11 Å². The Labute approximate surface area is 134 Å². The smallest absolute Gasteiger partial charge is 0.347 e. The van der Waals surface area contributed by atoms with Gasteiger partial charge in [0.15, 0.2) is 0 Å². The lowest BCUT2D eigenvalue weighted by Crippen LogP contribution is -2.11. The van der Waals surface area contributed by atoms with Crippen LogP contribution in [0.2, 0.25) is 0 Å². The van der Waals surface area contributed by atoms with Gasteiger partial charge in [-0.2, -0.15) is 0 Å². The van der Waals surface area contributed by atoms with E-state index in [4.69, 9.17) is 14.2 Å². The topological polar surface area (TPSA) is 61.8 Å². The second kappa shape index (κ2) is 7.26. The molecular formula is C18H16O5. The minimum Gasteiger partial charge on any atom is -0.496 e. The maximum atomic E-state index is 12.3. The SMILES string of the molecule is C=CC(=O)Oc1ccc(C(=O)Oc2cccc(C)c2)c(OC)c1. The van der Waals surface area contributed by atoms with Gasteiger partial charge < -0.3 is 14.2 Å².